The highest BCUT2D eigenvalue weighted by molar-refractivity contribution is 14.1. The fraction of sp³-hybridized carbons (Fsp3) is 0. The number of hydrogen-bond donors (Lipinski definition) is 0. The lowest BCUT2D eigenvalue weighted by Crippen LogP contribution is -1.64. The van der Waals surface area contributed by atoms with Gasteiger partial charge in [-0.3, -0.25) is 0 Å². The van der Waals surface area contributed by atoms with Crippen LogP contribution in [-0.2, 0) is 0 Å². The quantitative estimate of drug-likeness (QED) is 0.575. The molecule has 0 unspecified atom stereocenters. The van der Waals surface area contributed by atoms with Crippen LogP contribution in [0.2, 0.25) is 5.02 Å². The van der Waals surface area contributed by atoms with Gasteiger partial charge in [0, 0.05) is 14.6 Å². The maximum atomic E-state index is 6.08. The minimum absolute atomic E-state index is 0.878. The van der Waals surface area contributed by atoms with Gasteiger partial charge in [0.2, 0.25) is 0 Å². The Morgan fingerprint density at radius 1 is 1.42 bits per heavy atom. The van der Waals surface area contributed by atoms with Crippen LogP contribution in [0.3, 0.4) is 0 Å². The van der Waals surface area contributed by atoms with E-state index in [4.69, 9.17) is 11.6 Å². The molecule has 0 saturated heterocycles. The number of hydrogen-bond acceptors (Lipinski definition) is 1. The van der Waals surface area contributed by atoms with Gasteiger partial charge < -0.3 is 0 Å². The van der Waals surface area contributed by atoms with Crippen LogP contribution < -0.4 is 0 Å². The van der Waals surface area contributed by atoms with Crippen LogP contribution in [0, 0.1) is 2.88 Å². The van der Waals surface area contributed by atoms with Gasteiger partial charge >= 0.3 is 0 Å². The molecule has 0 nitrogen and oxygen atoms in total. The van der Waals surface area contributed by atoms with Crippen molar-refractivity contribution in [3.63, 3.8) is 0 Å². The van der Waals surface area contributed by atoms with Gasteiger partial charge in [-0.15, -0.1) is 11.3 Å². The van der Waals surface area contributed by atoms with Crippen LogP contribution in [-0.4, -0.2) is 0 Å². The van der Waals surface area contributed by atoms with Crippen molar-refractivity contribution in [3.05, 3.63) is 30.6 Å². The molecule has 0 radical (unpaired) electrons. The van der Waals surface area contributed by atoms with E-state index >= 15 is 0 Å². The van der Waals surface area contributed by atoms with Crippen LogP contribution >= 0.6 is 61.5 Å². The molecule has 0 spiro atoms. The molecule has 0 aliphatic rings. The van der Waals surface area contributed by atoms with Crippen molar-refractivity contribution in [3.8, 4) is 0 Å². The van der Waals surface area contributed by atoms with E-state index < -0.39 is 0 Å². The first kappa shape index (κ1) is 9.24. The smallest absolute Gasteiger partial charge is 0.0852 e. The third kappa shape index (κ3) is 1.52. The second-order valence-electron chi connectivity index (χ2n) is 2.33. The summed E-state index contributed by atoms with van der Waals surface area (Å²) < 4.78 is 3.49. The monoisotopic (exact) mass is 372 g/mol. The highest BCUT2D eigenvalue weighted by Gasteiger charge is 2.06. The summed E-state index contributed by atoms with van der Waals surface area (Å²) in [5, 5.41) is 2.03. The summed E-state index contributed by atoms with van der Waals surface area (Å²) in [7, 11) is 0. The summed E-state index contributed by atoms with van der Waals surface area (Å²) in [6.07, 6.45) is 0. The van der Waals surface area contributed by atoms with Crippen LogP contribution in [0.5, 0.6) is 0 Å². The third-order valence-electron chi connectivity index (χ3n) is 1.55. The largest absolute Gasteiger partial charge is 0.127 e. The summed E-state index contributed by atoms with van der Waals surface area (Å²) in [6, 6.07) is 6.14. The number of rotatable bonds is 0. The maximum Gasteiger partial charge on any atom is 0.0852 e. The molecule has 62 valence electrons. The van der Waals surface area contributed by atoms with E-state index in [0.717, 1.165) is 17.8 Å². The molecule has 2 rings (SSSR count). The van der Waals surface area contributed by atoms with Gasteiger partial charge in [0.15, 0.2) is 0 Å². The Morgan fingerprint density at radius 2 is 2.17 bits per heavy atom. The van der Waals surface area contributed by atoms with Gasteiger partial charge in [-0.05, 0) is 34.7 Å². The Balaban J connectivity index is 2.87. The zero-order valence-corrected chi connectivity index (χ0v) is 11.1. The van der Waals surface area contributed by atoms with Crippen LogP contribution in [0.4, 0.5) is 0 Å². The lowest BCUT2D eigenvalue weighted by Gasteiger charge is -1.90. The van der Waals surface area contributed by atoms with E-state index in [2.05, 4.69) is 44.6 Å². The molecular formula is C8H3BrClIS. The van der Waals surface area contributed by atoms with Crippen LogP contribution in [0.15, 0.2) is 22.7 Å². The van der Waals surface area contributed by atoms with Gasteiger partial charge in [0.05, 0.1) is 7.91 Å². The molecule has 0 aliphatic heterocycles. The molecule has 1 heterocycles. The second kappa shape index (κ2) is 3.44. The van der Waals surface area contributed by atoms with Crippen molar-refractivity contribution in [1.29, 1.82) is 0 Å². The van der Waals surface area contributed by atoms with Crippen molar-refractivity contribution in [2.24, 2.45) is 0 Å². The van der Waals surface area contributed by atoms with E-state index in [-0.39, 0.29) is 0 Å². The molecule has 0 N–H and O–H groups in total. The first-order valence-corrected chi connectivity index (χ1v) is 6.28. The number of benzene rings is 1. The Bertz CT molecular complexity index is 438. The number of halogens is 3. The Morgan fingerprint density at radius 3 is 2.92 bits per heavy atom. The van der Waals surface area contributed by atoms with Gasteiger partial charge in [0.25, 0.3) is 0 Å². The van der Waals surface area contributed by atoms with Crippen molar-refractivity contribution in [2.75, 3.05) is 0 Å². The van der Waals surface area contributed by atoms with Crippen molar-refractivity contribution in [1.82, 2.24) is 0 Å². The average Bonchev–Trinajstić information content (AvgIpc) is 2.28. The van der Waals surface area contributed by atoms with Gasteiger partial charge in [-0.25, -0.2) is 0 Å². The molecular weight excluding hydrogens is 370 g/mol. The van der Waals surface area contributed by atoms with Crippen molar-refractivity contribution < 1.29 is 0 Å². The molecule has 12 heavy (non-hydrogen) atoms. The number of thiophene rings is 1. The maximum absolute atomic E-state index is 6.08. The molecule has 0 aliphatic carbocycles. The normalized spacial score (nSPS) is 10.9. The Labute approximate surface area is 101 Å². The topological polar surface area (TPSA) is 0 Å². The van der Waals surface area contributed by atoms with E-state index in [1.54, 1.807) is 11.3 Å². The summed E-state index contributed by atoms with van der Waals surface area (Å²) in [4.78, 5) is 0. The highest BCUT2D eigenvalue weighted by Crippen LogP contribution is 2.37. The molecule has 0 saturated carbocycles. The van der Waals surface area contributed by atoms with Gasteiger partial charge in [-0.2, -0.15) is 0 Å². The fourth-order valence-corrected chi connectivity index (χ4v) is 3.72. The van der Waals surface area contributed by atoms with E-state index in [1.807, 2.05) is 12.1 Å². The Kier molecular flexibility index (Phi) is 2.65. The lowest BCUT2D eigenvalue weighted by molar-refractivity contribution is 1.77. The van der Waals surface area contributed by atoms with Gasteiger partial charge in [0.1, 0.15) is 0 Å². The minimum atomic E-state index is 0.878. The summed E-state index contributed by atoms with van der Waals surface area (Å²) in [5.41, 5.74) is 0. The fourth-order valence-electron chi connectivity index (χ4n) is 1.01. The molecule has 0 bridgehead atoms. The lowest BCUT2D eigenvalue weighted by atomic mass is 10.3. The zero-order valence-electron chi connectivity index (χ0n) is 5.77. The SMILES string of the molecule is Clc1c(I)sc2cc(Br)ccc12. The predicted octanol–water partition coefficient (Wildman–Crippen LogP) is 4.92. The number of fused-ring (bicyclic) bond motifs is 1. The second-order valence-corrected chi connectivity index (χ2v) is 6.49. The summed E-state index contributed by atoms with van der Waals surface area (Å²) >= 11 is 13.5. The van der Waals surface area contributed by atoms with E-state index in [9.17, 15) is 0 Å². The minimum Gasteiger partial charge on any atom is -0.127 e. The molecule has 0 fully saturated rings. The molecule has 0 atom stereocenters. The molecule has 2 aromatic rings. The Hall–Kier alpha value is 0.680. The van der Waals surface area contributed by atoms with Crippen molar-refractivity contribution in [2.45, 2.75) is 0 Å². The summed E-state index contributed by atoms with van der Waals surface area (Å²) in [6.45, 7) is 0. The first-order valence-electron chi connectivity index (χ1n) is 3.21. The zero-order chi connectivity index (χ0) is 8.72. The highest BCUT2D eigenvalue weighted by atomic mass is 127. The molecule has 4 heteroatoms. The third-order valence-corrected chi connectivity index (χ3v) is 5.01. The molecule has 1 aromatic carbocycles. The molecule has 1 aromatic heterocycles. The average molecular weight is 373 g/mol. The van der Waals surface area contributed by atoms with Crippen LogP contribution in [0.1, 0.15) is 0 Å². The van der Waals surface area contributed by atoms with Gasteiger partial charge in [-0.1, -0.05) is 33.6 Å². The van der Waals surface area contributed by atoms with E-state index in [1.165, 1.54) is 4.70 Å². The van der Waals surface area contributed by atoms with Crippen LogP contribution in [0.25, 0.3) is 10.1 Å². The van der Waals surface area contributed by atoms with E-state index in [0.29, 0.717) is 0 Å². The first-order chi connectivity index (χ1) is 5.68. The molecule has 0 amide bonds. The predicted molar refractivity (Wildman–Crippen MR) is 67.3 cm³/mol. The summed E-state index contributed by atoms with van der Waals surface area (Å²) in [5.74, 6) is 0. The van der Waals surface area contributed by atoms with Crippen molar-refractivity contribution >= 4 is 71.5 Å². The standard InChI is InChI=1S/C8H3BrClIS/c9-4-1-2-5-6(3-4)12-8(11)7(5)10/h1-3H.